The van der Waals surface area contributed by atoms with E-state index in [1.807, 2.05) is 41.3 Å². The molecule has 0 radical (unpaired) electrons. The van der Waals surface area contributed by atoms with Gasteiger partial charge in [0, 0.05) is 18.7 Å². The van der Waals surface area contributed by atoms with E-state index in [4.69, 9.17) is 4.74 Å². The molecule has 1 aliphatic rings. The summed E-state index contributed by atoms with van der Waals surface area (Å²) in [4.78, 5) is 14.6. The van der Waals surface area contributed by atoms with E-state index in [1.165, 1.54) is 18.4 Å². The summed E-state index contributed by atoms with van der Waals surface area (Å²) in [7, 11) is 0. The first-order valence-corrected chi connectivity index (χ1v) is 10.0. The lowest BCUT2D eigenvalue weighted by Crippen LogP contribution is -2.31. The Labute approximate surface area is 163 Å². The fourth-order valence-corrected chi connectivity index (χ4v) is 3.42. The topological polar surface area (TPSA) is 29.5 Å². The summed E-state index contributed by atoms with van der Waals surface area (Å²) in [6.45, 7) is 8.89. The summed E-state index contributed by atoms with van der Waals surface area (Å²) in [6, 6.07) is 16.1. The van der Waals surface area contributed by atoms with Gasteiger partial charge in [0.15, 0.2) is 0 Å². The van der Waals surface area contributed by atoms with Gasteiger partial charge in [0.05, 0.1) is 0 Å². The molecule has 1 fully saturated rings. The van der Waals surface area contributed by atoms with Crippen LogP contribution in [0.3, 0.4) is 0 Å². The third-order valence-corrected chi connectivity index (χ3v) is 5.22. The largest absolute Gasteiger partial charge is 0.489 e. The quantitative estimate of drug-likeness (QED) is 0.708. The van der Waals surface area contributed by atoms with Crippen molar-refractivity contribution in [2.24, 2.45) is 0 Å². The molecular weight excluding hydrogens is 334 g/mol. The van der Waals surface area contributed by atoms with E-state index in [0.717, 1.165) is 42.8 Å². The molecular formula is C24H31NO2. The van der Waals surface area contributed by atoms with Gasteiger partial charge in [-0.25, -0.2) is 0 Å². The second kappa shape index (κ2) is 8.60. The van der Waals surface area contributed by atoms with Crippen molar-refractivity contribution >= 4 is 5.91 Å². The molecule has 1 aliphatic heterocycles. The molecule has 1 amide bonds. The molecule has 0 spiro atoms. The van der Waals surface area contributed by atoms with Crippen LogP contribution < -0.4 is 4.74 Å². The average molecular weight is 366 g/mol. The molecule has 27 heavy (non-hydrogen) atoms. The third-order valence-electron chi connectivity index (χ3n) is 5.22. The van der Waals surface area contributed by atoms with Crippen molar-refractivity contribution in [3.05, 3.63) is 65.2 Å². The molecule has 3 nitrogen and oxygen atoms in total. The van der Waals surface area contributed by atoms with E-state index in [2.05, 4.69) is 32.9 Å². The molecule has 0 aliphatic carbocycles. The van der Waals surface area contributed by atoms with Gasteiger partial charge in [-0.1, -0.05) is 57.9 Å². The zero-order chi connectivity index (χ0) is 19.3. The van der Waals surface area contributed by atoms with E-state index < -0.39 is 0 Å². The highest BCUT2D eigenvalue weighted by atomic mass is 16.5. The Morgan fingerprint density at radius 1 is 0.889 bits per heavy atom. The molecule has 0 atom stereocenters. The van der Waals surface area contributed by atoms with Gasteiger partial charge in [-0.15, -0.1) is 0 Å². The van der Waals surface area contributed by atoms with Crippen LogP contribution in [0.2, 0.25) is 0 Å². The lowest BCUT2D eigenvalue weighted by atomic mass is 9.87. The summed E-state index contributed by atoms with van der Waals surface area (Å²) < 4.78 is 5.90. The van der Waals surface area contributed by atoms with Crippen LogP contribution in [0.5, 0.6) is 5.75 Å². The second-order valence-corrected chi connectivity index (χ2v) is 8.47. The predicted molar refractivity (Wildman–Crippen MR) is 110 cm³/mol. The van der Waals surface area contributed by atoms with Gasteiger partial charge in [0.2, 0.25) is 0 Å². The minimum absolute atomic E-state index is 0.147. The van der Waals surface area contributed by atoms with Crippen molar-refractivity contribution in [3.63, 3.8) is 0 Å². The summed E-state index contributed by atoms with van der Waals surface area (Å²) in [5.74, 6) is 1.02. The van der Waals surface area contributed by atoms with Gasteiger partial charge in [-0.3, -0.25) is 4.79 Å². The third kappa shape index (κ3) is 5.35. The Kier molecular flexibility index (Phi) is 6.20. The van der Waals surface area contributed by atoms with Crippen LogP contribution in [-0.2, 0) is 12.0 Å². The molecule has 0 bridgehead atoms. The van der Waals surface area contributed by atoms with Crippen molar-refractivity contribution in [3.8, 4) is 5.75 Å². The van der Waals surface area contributed by atoms with Crippen molar-refractivity contribution in [2.75, 3.05) is 13.1 Å². The van der Waals surface area contributed by atoms with Gasteiger partial charge < -0.3 is 9.64 Å². The molecule has 0 unspecified atom stereocenters. The lowest BCUT2D eigenvalue weighted by Gasteiger charge is -2.20. The standard InChI is InChI=1S/C24H31NO2/c1-24(2,3)21-12-14-22(15-13-21)27-18-19-8-10-20(11-9-19)23(26)25-16-6-4-5-7-17-25/h8-15H,4-7,16-18H2,1-3H3. The maximum absolute atomic E-state index is 12.7. The monoisotopic (exact) mass is 365 g/mol. The zero-order valence-corrected chi connectivity index (χ0v) is 16.8. The second-order valence-electron chi connectivity index (χ2n) is 8.47. The van der Waals surface area contributed by atoms with Crippen LogP contribution in [0.15, 0.2) is 48.5 Å². The van der Waals surface area contributed by atoms with Crippen LogP contribution in [-0.4, -0.2) is 23.9 Å². The van der Waals surface area contributed by atoms with Crippen LogP contribution >= 0.6 is 0 Å². The van der Waals surface area contributed by atoms with Gasteiger partial charge >= 0.3 is 0 Å². The Bertz CT molecular complexity index is 733. The Hall–Kier alpha value is -2.29. The maximum atomic E-state index is 12.7. The summed E-state index contributed by atoms with van der Waals surface area (Å²) >= 11 is 0. The van der Waals surface area contributed by atoms with Gasteiger partial charge in [-0.05, 0) is 53.6 Å². The number of nitrogens with zero attached hydrogens (tertiary/aromatic N) is 1. The molecule has 3 heteroatoms. The first kappa shape index (κ1) is 19.5. The van der Waals surface area contributed by atoms with E-state index >= 15 is 0 Å². The van der Waals surface area contributed by atoms with Crippen LogP contribution in [0.1, 0.15) is 67.9 Å². The lowest BCUT2D eigenvalue weighted by molar-refractivity contribution is 0.0761. The number of likely N-dealkylation sites (tertiary alicyclic amines) is 1. The fraction of sp³-hybridized carbons (Fsp3) is 0.458. The zero-order valence-electron chi connectivity index (χ0n) is 16.8. The number of hydrogen-bond donors (Lipinski definition) is 0. The summed E-state index contributed by atoms with van der Waals surface area (Å²) in [6.07, 6.45) is 4.70. The molecule has 2 aromatic carbocycles. The molecule has 144 valence electrons. The summed E-state index contributed by atoms with van der Waals surface area (Å²) in [5.41, 5.74) is 3.29. The summed E-state index contributed by atoms with van der Waals surface area (Å²) in [5, 5.41) is 0. The SMILES string of the molecule is CC(C)(C)c1ccc(OCc2ccc(C(=O)N3CCCCCC3)cc2)cc1. The Morgan fingerprint density at radius 3 is 2.04 bits per heavy atom. The highest BCUT2D eigenvalue weighted by Gasteiger charge is 2.17. The van der Waals surface area contributed by atoms with Crippen molar-refractivity contribution in [1.29, 1.82) is 0 Å². The van der Waals surface area contributed by atoms with E-state index in [-0.39, 0.29) is 11.3 Å². The molecule has 0 N–H and O–H groups in total. The molecule has 0 saturated carbocycles. The Balaban J connectivity index is 1.56. The number of amides is 1. The van der Waals surface area contributed by atoms with Crippen LogP contribution in [0.4, 0.5) is 0 Å². The molecule has 1 heterocycles. The van der Waals surface area contributed by atoms with Gasteiger partial charge in [0.1, 0.15) is 12.4 Å². The van der Waals surface area contributed by atoms with Crippen molar-refractivity contribution < 1.29 is 9.53 Å². The van der Waals surface area contributed by atoms with Crippen LogP contribution in [0.25, 0.3) is 0 Å². The molecule has 3 rings (SSSR count). The number of rotatable bonds is 4. The van der Waals surface area contributed by atoms with Crippen molar-refractivity contribution in [1.82, 2.24) is 4.90 Å². The number of carbonyl (C=O) groups excluding carboxylic acids is 1. The molecule has 0 aromatic heterocycles. The maximum Gasteiger partial charge on any atom is 0.253 e. The van der Waals surface area contributed by atoms with Gasteiger partial charge in [0.25, 0.3) is 5.91 Å². The minimum atomic E-state index is 0.147. The normalized spacial score (nSPS) is 15.3. The average Bonchev–Trinajstić information content (AvgIpc) is 2.95. The smallest absolute Gasteiger partial charge is 0.253 e. The first-order chi connectivity index (χ1) is 12.9. The number of carbonyl (C=O) groups is 1. The fourth-order valence-electron chi connectivity index (χ4n) is 3.42. The molecule has 1 saturated heterocycles. The highest BCUT2D eigenvalue weighted by molar-refractivity contribution is 5.94. The molecule has 2 aromatic rings. The van der Waals surface area contributed by atoms with E-state index in [0.29, 0.717) is 6.61 Å². The minimum Gasteiger partial charge on any atom is -0.489 e. The Morgan fingerprint density at radius 2 is 1.48 bits per heavy atom. The van der Waals surface area contributed by atoms with Crippen molar-refractivity contribution in [2.45, 2.75) is 58.5 Å². The predicted octanol–water partition coefficient (Wildman–Crippen LogP) is 5.58. The van der Waals surface area contributed by atoms with E-state index in [1.54, 1.807) is 0 Å². The number of hydrogen-bond acceptors (Lipinski definition) is 2. The van der Waals surface area contributed by atoms with E-state index in [9.17, 15) is 4.79 Å². The van der Waals surface area contributed by atoms with Crippen LogP contribution in [0, 0.1) is 0 Å². The highest BCUT2D eigenvalue weighted by Crippen LogP contribution is 2.24. The van der Waals surface area contributed by atoms with Gasteiger partial charge in [-0.2, -0.15) is 0 Å². The first-order valence-electron chi connectivity index (χ1n) is 10.0. The number of benzene rings is 2. The number of ether oxygens (including phenoxy) is 1.